The van der Waals surface area contributed by atoms with Crippen molar-refractivity contribution in [2.75, 3.05) is 0 Å². The predicted molar refractivity (Wildman–Crippen MR) is 74.4 cm³/mol. The van der Waals surface area contributed by atoms with Crippen LogP contribution in [0.15, 0.2) is 48.1 Å². The molecule has 1 unspecified atom stereocenters. The second-order valence-corrected chi connectivity index (χ2v) is 4.28. The monoisotopic (exact) mass is 382 g/mol. The minimum absolute atomic E-state index is 0. The van der Waals surface area contributed by atoms with E-state index in [4.69, 9.17) is 0 Å². The van der Waals surface area contributed by atoms with E-state index in [0.717, 1.165) is 6.42 Å². The van der Waals surface area contributed by atoms with Crippen molar-refractivity contribution in [3.05, 3.63) is 71.7 Å². The third kappa shape index (κ3) is 5.36. The molecule has 0 saturated heterocycles. The van der Waals surface area contributed by atoms with Gasteiger partial charge < -0.3 is 31.2 Å². The molecule has 0 N–H and O–H groups in total. The molecule has 104 valence electrons. The average molecular weight is 384 g/mol. The quantitative estimate of drug-likeness (QED) is 0.530. The Morgan fingerprint density at radius 1 is 1.10 bits per heavy atom. The molecule has 3 rings (SSSR count). The van der Waals surface area contributed by atoms with Crippen LogP contribution in [0.1, 0.15) is 37.3 Å². The molecule has 0 nitrogen and oxygen atoms in total. The molecule has 0 spiro atoms. The maximum atomic E-state index is 3.39. The van der Waals surface area contributed by atoms with E-state index in [1.807, 2.05) is 20.3 Å². The van der Waals surface area contributed by atoms with Crippen molar-refractivity contribution in [1.29, 1.82) is 0 Å². The van der Waals surface area contributed by atoms with Crippen LogP contribution in [-0.2, 0) is 26.2 Å². The van der Waals surface area contributed by atoms with Gasteiger partial charge in [-0.3, -0.25) is 6.08 Å². The van der Waals surface area contributed by atoms with E-state index in [0.29, 0.717) is 5.92 Å². The van der Waals surface area contributed by atoms with Gasteiger partial charge in [-0.2, -0.15) is 19.9 Å². The molecule has 1 aromatic carbocycles. The van der Waals surface area contributed by atoms with Gasteiger partial charge in [-0.15, -0.1) is 6.42 Å². The molecule has 0 fully saturated rings. The summed E-state index contributed by atoms with van der Waals surface area (Å²) in [5, 5.41) is 0. The van der Waals surface area contributed by atoms with Gasteiger partial charge >= 0.3 is 26.2 Å². The molecule has 1 atom stereocenters. The molecule has 2 aliphatic rings. The van der Waals surface area contributed by atoms with Gasteiger partial charge in [-0.05, 0) is 17.0 Å². The number of allylic oxidation sites excluding steroid dienone is 5. The van der Waals surface area contributed by atoms with Gasteiger partial charge in [-0.25, -0.2) is 11.6 Å². The summed E-state index contributed by atoms with van der Waals surface area (Å²) < 4.78 is 0. The molecule has 0 heterocycles. The van der Waals surface area contributed by atoms with E-state index in [9.17, 15) is 0 Å². The van der Waals surface area contributed by atoms with Gasteiger partial charge in [0.25, 0.3) is 0 Å². The second kappa shape index (κ2) is 11.6. The van der Waals surface area contributed by atoms with Gasteiger partial charge in [0.1, 0.15) is 0 Å². The first-order chi connectivity index (χ1) is 8.36. The van der Waals surface area contributed by atoms with E-state index in [2.05, 4.69) is 54.6 Å². The Hall–Kier alpha value is -0.0969. The Kier molecular flexibility index (Phi) is 12.8. The zero-order valence-electron chi connectivity index (χ0n) is 11.7. The number of rotatable bonds is 1. The van der Waals surface area contributed by atoms with Crippen molar-refractivity contribution >= 4 is 6.08 Å². The van der Waals surface area contributed by atoms with Gasteiger partial charge in [0.15, 0.2) is 0 Å². The SMILES string of the molecule is C[CH-]C.[C-]1=C(C2C=Cc3ccccc32)C=CC1.[Cl-].[Cl-].[Zr+4]. The topological polar surface area (TPSA) is 0 Å². The molecule has 0 saturated carbocycles. The predicted octanol–water partition coefficient (Wildman–Crippen LogP) is -1.28. The van der Waals surface area contributed by atoms with E-state index < -0.39 is 0 Å². The van der Waals surface area contributed by atoms with Crippen LogP contribution in [-0.4, -0.2) is 0 Å². The number of halogens is 2. The average Bonchev–Trinajstić information content (AvgIpc) is 2.98. The number of hydrogen-bond acceptors (Lipinski definition) is 0. The maximum absolute atomic E-state index is 3.39. The van der Waals surface area contributed by atoms with E-state index in [1.165, 1.54) is 16.7 Å². The minimum Gasteiger partial charge on any atom is -1.00 e. The molecule has 0 bridgehead atoms. The molecule has 0 amide bonds. The molecule has 2 aliphatic carbocycles. The normalized spacial score (nSPS) is 16.7. The Morgan fingerprint density at radius 3 is 2.35 bits per heavy atom. The van der Waals surface area contributed by atoms with Gasteiger partial charge in [-0.1, -0.05) is 36.4 Å². The van der Waals surface area contributed by atoms with E-state index >= 15 is 0 Å². The maximum Gasteiger partial charge on any atom is 4.00 e. The number of hydrogen-bond donors (Lipinski definition) is 0. The van der Waals surface area contributed by atoms with Crippen LogP contribution in [0, 0.1) is 12.5 Å². The molecular formula is C17H18Cl2Zr. The zero-order valence-corrected chi connectivity index (χ0v) is 15.7. The van der Waals surface area contributed by atoms with Gasteiger partial charge in [0.05, 0.1) is 0 Å². The molecule has 0 aliphatic heterocycles. The Balaban J connectivity index is 0. The summed E-state index contributed by atoms with van der Waals surface area (Å²) in [6.07, 6.45) is 15.2. The van der Waals surface area contributed by atoms with E-state index in [1.54, 1.807) is 0 Å². The van der Waals surface area contributed by atoms with Crippen LogP contribution in [0.2, 0.25) is 0 Å². The van der Waals surface area contributed by atoms with Gasteiger partial charge in [0.2, 0.25) is 0 Å². The van der Waals surface area contributed by atoms with Crippen LogP contribution >= 0.6 is 0 Å². The first kappa shape index (κ1) is 22.2. The third-order valence-corrected chi connectivity index (χ3v) is 2.86. The summed E-state index contributed by atoms with van der Waals surface area (Å²) in [6.45, 7) is 4.00. The van der Waals surface area contributed by atoms with Crippen molar-refractivity contribution in [1.82, 2.24) is 0 Å². The zero-order chi connectivity index (χ0) is 12.1. The fourth-order valence-electron chi connectivity index (χ4n) is 2.16. The largest absolute Gasteiger partial charge is 4.00 e. The van der Waals surface area contributed by atoms with Crippen LogP contribution in [0.3, 0.4) is 0 Å². The Bertz CT molecular complexity index is 476. The summed E-state index contributed by atoms with van der Waals surface area (Å²) in [6, 6.07) is 8.58. The third-order valence-electron chi connectivity index (χ3n) is 2.86. The Morgan fingerprint density at radius 2 is 1.75 bits per heavy atom. The Labute approximate surface area is 154 Å². The van der Waals surface area contributed by atoms with Gasteiger partial charge in [0, 0.05) is 0 Å². The second-order valence-electron chi connectivity index (χ2n) is 4.28. The smallest absolute Gasteiger partial charge is 1.00 e. The van der Waals surface area contributed by atoms with Crippen molar-refractivity contribution in [2.45, 2.75) is 26.2 Å². The molecule has 0 radical (unpaired) electrons. The molecule has 1 aromatic rings. The van der Waals surface area contributed by atoms with E-state index in [-0.39, 0.29) is 51.0 Å². The summed E-state index contributed by atoms with van der Waals surface area (Å²) >= 11 is 0. The van der Waals surface area contributed by atoms with Crippen LogP contribution in [0.25, 0.3) is 6.08 Å². The van der Waals surface area contributed by atoms with Crippen LogP contribution < -0.4 is 24.8 Å². The summed E-state index contributed by atoms with van der Waals surface area (Å²) in [4.78, 5) is 0. The minimum atomic E-state index is 0. The number of benzene rings is 1. The molecular weight excluding hydrogens is 366 g/mol. The first-order valence-corrected chi connectivity index (χ1v) is 6.15. The van der Waals surface area contributed by atoms with Crippen molar-refractivity contribution < 1.29 is 51.0 Å². The van der Waals surface area contributed by atoms with Crippen LogP contribution in [0.5, 0.6) is 0 Å². The fraction of sp³-hybridized carbons (Fsp3) is 0.235. The molecule has 0 aromatic heterocycles. The summed E-state index contributed by atoms with van der Waals surface area (Å²) in [7, 11) is 0. The fourth-order valence-corrected chi connectivity index (χ4v) is 2.16. The number of fused-ring (bicyclic) bond motifs is 1. The molecule has 3 heteroatoms. The first-order valence-electron chi connectivity index (χ1n) is 6.15. The van der Waals surface area contributed by atoms with Crippen molar-refractivity contribution in [2.24, 2.45) is 0 Å². The summed E-state index contributed by atoms with van der Waals surface area (Å²) in [5.41, 5.74) is 4.10. The molecule has 20 heavy (non-hydrogen) atoms. The van der Waals surface area contributed by atoms with Crippen LogP contribution in [0.4, 0.5) is 0 Å². The summed E-state index contributed by atoms with van der Waals surface area (Å²) in [5.74, 6) is 0.449. The van der Waals surface area contributed by atoms with Crippen molar-refractivity contribution in [3.8, 4) is 0 Å². The standard InChI is InChI=1S/C14H11.C3H7.2ClH.Zr/c1-2-6-11(5-1)14-10-9-12-7-3-4-8-13(12)14;1-3-2;;;/h1,3-5,7-10,14H,2H2;3H,1-2H3;2*1H;/q2*-1;;;+4/p-2. The van der Waals surface area contributed by atoms with Crippen molar-refractivity contribution in [3.63, 3.8) is 0 Å².